The number of benzene rings is 1. The topological polar surface area (TPSA) is 105 Å². The van der Waals surface area contributed by atoms with Crippen LogP contribution in [0.5, 0.6) is 17.5 Å². The zero-order valence-electron chi connectivity index (χ0n) is 15.1. The van der Waals surface area contributed by atoms with E-state index in [1.807, 2.05) is 0 Å². The number of carboxylic acid groups (broad SMARTS) is 1. The molecule has 2 heterocycles. The highest BCUT2D eigenvalue weighted by molar-refractivity contribution is 5.65. The molecule has 146 valence electrons. The largest absolute Gasteiger partial charge is 0.474 e. The molecule has 3 rings (SSSR count). The van der Waals surface area contributed by atoms with Gasteiger partial charge < -0.3 is 24.6 Å². The number of piperidine rings is 1. The number of carbonyl (C=O) groups is 1. The quantitative estimate of drug-likeness (QED) is 0.777. The Kier molecular flexibility index (Phi) is 5.79. The number of amides is 1. The molecule has 28 heavy (non-hydrogen) atoms. The summed E-state index contributed by atoms with van der Waals surface area (Å²) < 4.78 is 25.6. The average molecular weight is 387 g/mol. The Morgan fingerprint density at radius 1 is 1.29 bits per heavy atom. The maximum Gasteiger partial charge on any atom is 0.407 e. The SMILES string of the molecule is Cc1c(Oc2ccc(C#CO)cc2F)ncnc1OC1CCN(C(=O)O)CC1. The first kappa shape index (κ1) is 19.2. The Balaban J connectivity index is 1.71. The summed E-state index contributed by atoms with van der Waals surface area (Å²) in [4.78, 5) is 20.5. The second-order valence-electron chi connectivity index (χ2n) is 6.18. The van der Waals surface area contributed by atoms with E-state index in [2.05, 4.69) is 15.9 Å². The van der Waals surface area contributed by atoms with Gasteiger partial charge in [0.15, 0.2) is 11.6 Å². The van der Waals surface area contributed by atoms with Gasteiger partial charge in [-0.25, -0.2) is 19.2 Å². The van der Waals surface area contributed by atoms with Crippen LogP contribution in [0, 0.1) is 24.8 Å². The number of hydrogen-bond acceptors (Lipinski definition) is 6. The van der Waals surface area contributed by atoms with Gasteiger partial charge in [0, 0.05) is 31.5 Å². The van der Waals surface area contributed by atoms with Gasteiger partial charge in [-0.1, -0.05) is 0 Å². The van der Waals surface area contributed by atoms with Gasteiger partial charge in [-0.05, 0) is 31.0 Å². The van der Waals surface area contributed by atoms with E-state index in [1.165, 1.54) is 23.4 Å². The highest BCUT2D eigenvalue weighted by Gasteiger charge is 2.25. The normalized spacial score (nSPS) is 14.1. The van der Waals surface area contributed by atoms with Gasteiger partial charge >= 0.3 is 6.09 Å². The van der Waals surface area contributed by atoms with Crippen molar-refractivity contribution in [3.63, 3.8) is 0 Å². The Bertz CT molecular complexity index is 933. The monoisotopic (exact) mass is 387 g/mol. The predicted octanol–water partition coefficient (Wildman–Crippen LogP) is 2.92. The molecule has 0 radical (unpaired) electrons. The van der Waals surface area contributed by atoms with Crippen LogP contribution in [0.4, 0.5) is 9.18 Å². The van der Waals surface area contributed by atoms with Crippen LogP contribution in [-0.2, 0) is 0 Å². The van der Waals surface area contributed by atoms with Gasteiger partial charge in [0.1, 0.15) is 18.5 Å². The van der Waals surface area contributed by atoms with Crippen molar-refractivity contribution in [1.29, 1.82) is 0 Å². The van der Waals surface area contributed by atoms with E-state index in [-0.39, 0.29) is 17.7 Å². The number of hydrogen-bond donors (Lipinski definition) is 2. The number of aromatic nitrogens is 2. The first-order chi connectivity index (χ1) is 13.5. The molecule has 2 N–H and O–H groups in total. The third kappa shape index (κ3) is 4.40. The van der Waals surface area contributed by atoms with E-state index < -0.39 is 11.9 Å². The van der Waals surface area contributed by atoms with Crippen LogP contribution in [-0.4, -0.2) is 50.4 Å². The molecule has 1 aliphatic rings. The lowest BCUT2D eigenvalue weighted by atomic mass is 10.1. The summed E-state index contributed by atoms with van der Waals surface area (Å²) in [6, 6.07) is 4.03. The summed E-state index contributed by atoms with van der Waals surface area (Å²) in [5.41, 5.74) is 0.810. The average Bonchev–Trinajstić information content (AvgIpc) is 2.67. The van der Waals surface area contributed by atoms with Crippen LogP contribution in [0.25, 0.3) is 0 Å². The summed E-state index contributed by atoms with van der Waals surface area (Å²) in [5, 5.41) is 17.6. The Morgan fingerprint density at radius 2 is 2.00 bits per heavy atom. The molecular weight excluding hydrogens is 369 g/mol. The maximum absolute atomic E-state index is 14.2. The van der Waals surface area contributed by atoms with Crippen molar-refractivity contribution in [2.75, 3.05) is 13.1 Å². The van der Waals surface area contributed by atoms with Crippen LogP contribution in [0.1, 0.15) is 24.0 Å². The van der Waals surface area contributed by atoms with E-state index in [4.69, 9.17) is 19.7 Å². The third-order valence-corrected chi connectivity index (χ3v) is 4.32. The molecule has 2 aromatic rings. The lowest BCUT2D eigenvalue weighted by Gasteiger charge is -2.30. The van der Waals surface area contributed by atoms with Gasteiger partial charge in [-0.2, -0.15) is 0 Å². The van der Waals surface area contributed by atoms with Crippen molar-refractivity contribution in [3.05, 3.63) is 41.5 Å². The van der Waals surface area contributed by atoms with E-state index in [0.717, 1.165) is 6.07 Å². The molecule has 1 saturated heterocycles. The Morgan fingerprint density at radius 3 is 2.64 bits per heavy atom. The minimum atomic E-state index is -0.939. The maximum atomic E-state index is 14.2. The van der Waals surface area contributed by atoms with Crippen molar-refractivity contribution in [2.24, 2.45) is 0 Å². The van der Waals surface area contributed by atoms with Crippen LogP contribution < -0.4 is 9.47 Å². The number of nitrogens with zero attached hydrogens (tertiary/aromatic N) is 3. The standard InChI is InChI=1S/C19H18FN3O5/c1-12-17(27-14-4-7-23(8-5-14)19(25)26)21-11-22-18(12)28-16-3-2-13(6-9-24)10-15(16)20/h2-3,10-11,14,24H,4-5,7-8H2,1H3,(H,25,26). The van der Waals surface area contributed by atoms with E-state index in [1.54, 1.807) is 13.0 Å². The molecule has 0 saturated carbocycles. The molecular formula is C19H18FN3O5. The third-order valence-electron chi connectivity index (χ3n) is 4.32. The molecule has 8 nitrogen and oxygen atoms in total. The molecule has 9 heteroatoms. The number of aliphatic hydroxyl groups excluding tert-OH is 1. The molecule has 0 spiro atoms. The van der Waals surface area contributed by atoms with E-state index in [0.29, 0.717) is 42.9 Å². The molecule has 0 aliphatic carbocycles. The molecule has 1 aromatic carbocycles. The van der Waals surface area contributed by atoms with E-state index >= 15 is 0 Å². The first-order valence-corrected chi connectivity index (χ1v) is 8.56. The van der Waals surface area contributed by atoms with Gasteiger partial charge in [0.2, 0.25) is 11.8 Å². The molecule has 0 atom stereocenters. The van der Waals surface area contributed by atoms with Crippen molar-refractivity contribution < 1.29 is 28.9 Å². The lowest BCUT2D eigenvalue weighted by Crippen LogP contribution is -2.41. The summed E-state index contributed by atoms with van der Waals surface area (Å²) in [6.07, 6.45) is 2.96. The number of aliphatic hydroxyl groups is 1. The minimum absolute atomic E-state index is 0.0500. The molecule has 1 fully saturated rings. The fraction of sp³-hybridized carbons (Fsp3) is 0.316. The molecule has 0 unspecified atom stereocenters. The molecule has 0 bridgehead atoms. The fourth-order valence-corrected chi connectivity index (χ4v) is 2.79. The zero-order chi connectivity index (χ0) is 20.1. The summed E-state index contributed by atoms with van der Waals surface area (Å²) in [6.45, 7) is 2.48. The van der Waals surface area contributed by atoms with Gasteiger partial charge in [0.25, 0.3) is 0 Å². The number of ether oxygens (including phenoxy) is 2. The van der Waals surface area contributed by atoms with Crippen LogP contribution >= 0.6 is 0 Å². The predicted molar refractivity (Wildman–Crippen MR) is 95.3 cm³/mol. The molecule has 1 aliphatic heterocycles. The minimum Gasteiger partial charge on any atom is -0.474 e. The van der Waals surface area contributed by atoms with Crippen LogP contribution in [0.3, 0.4) is 0 Å². The Labute approximate surface area is 160 Å². The lowest BCUT2D eigenvalue weighted by molar-refractivity contribution is 0.0864. The second kappa shape index (κ2) is 8.43. The van der Waals surface area contributed by atoms with E-state index in [9.17, 15) is 9.18 Å². The van der Waals surface area contributed by atoms with Crippen molar-refractivity contribution in [2.45, 2.75) is 25.9 Å². The summed E-state index contributed by atoms with van der Waals surface area (Å²) in [5.74, 6) is 2.09. The number of halogens is 1. The van der Waals surface area contributed by atoms with Gasteiger partial charge in [-0.3, -0.25) is 0 Å². The van der Waals surface area contributed by atoms with Crippen LogP contribution in [0.15, 0.2) is 24.5 Å². The summed E-state index contributed by atoms with van der Waals surface area (Å²) in [7, 11) is 0. The van der Waals surface area contributed by atoms with Crippen molar-refractivity contribution >= 4 is 6.09 Å². The highest BCUT2D eigenvalue weighted by Crippen LogP contribution is 2.30. The van der Waals surface area contributed by atoms with Crippen molar-refractivity contribution in [1.82, 2.24) is 14.9 Å². The van der Waals surface area contributed by atoms with Gasteiger partial charge in [-0.15, -0.1) is 0 Å². The fourth-order valence-electron chi connectivity index (χ4n) is 2.79. The van der Waals surface area contributed by atoms with Crippen LogP contribution in [0.2, 0.25) is 0 Å². The number of rotatable bonds is 4. The number of likely N-dealkylation sites (tertiary alicyclic amines) is 1. The smallest absolute Gasteiger partial charge is 0.407 e. The van der Waals surface area contributed by atoms with Gasteiger partial charge in [0.05, 0.1) is 5.56 Å². The first-order valence-electron chi connectivity index (χ1n) is 8.56. The molecule has 1 aromatic heterocycles. The van der Waals surface area contributed by atoms with Crippen molar-refractivity contribution in [3.8, 4) is 29.5 Å². The Hall–Kier alpha value is -3.54. The highest BCUT2D eigenvalue weighted by atomic mass is 19.1. The molecule has 1 amide bonds. The summed E-state index contributed by atoms with van der Waals surface area (Å²) >= 11 is 0. The second-order valence-corrected chi connectivity index (χ2v) is 6.18. The zero-order valence-corrected chi connectivity index (χ0v) is 15.1.